The van der Waals surface area contributed by atoms with Gasteiger partial charge in [0.2, 0.25) is 0 Å². The van der Waals surface area contributed by atoms with Crippen molar-refractivity contribution >= 4 is 5.57 Å². The lowest BCUT2D eigenvalue weighted by Crippen LogP contribution is -2.11. The van der Waals surface area contributed by atoms with Crippen LogP contribution in [0.1, 0.15) is 22.4 Å². The maximum atomic E-state index is 14.3. The number of nitrogens with zero attached hydrogens (tertiary/aromatic N) is 2. The van der Waals surface area contributed by atoms with Crippen molar-refractivity contribution in [2.45, 2.75) is 13.5 Å². The summed E-state index contributed by atoms with van der Waals surface area (Å²) in [6.45, 7) is 3.04. The lowest BCUT2D eigenvalue weighted by atomic mass is 9.91. The molecule has 1 aliphatic rings. The van der Waals surface area contributed by atoms with Crippen LogP contribution in [-0.2, 0) is 6.54 Å². The molecule has 0 fully saturated rings. The third-order valence-electron chi connectivity index (χ3n) is 4.49. The largest absolute Gasteiger partial charge is 0.309 e. The van der Waals surface area contributed by atoms with Crippen LogP contribution < -0.4 is 5.32 Å². The molecule has 5 heteroatoms. The van der Waals surface area contributed by atoms with E-state index in [-0.39, 0.29) is 5.56 Å². The van der Waals surface area contributed by atoms with Crippen LogP contribution in [0.3, 0.4) is 0 Å². The highest BCUT2D eigenvalue weighted by Crippen LogP contribution is 2.33. The summed E-state index contributed by atoms with van der Waals surface area (Å²) in [5.41, 5.74) is 4.92. The summed E-state index contributed by atoms with van der Waals surface area (Å²) < 4.78 is 28.6. The van der Waals surface area contributed by atoms with E-state index in [1.807, 2.05) is 43.3 Å². The summed E-state index contributed by atoms with van der Waals surface area (Å²) in [4.78, 5) is 0. The molecule has 0 radical (unpaired) electrons. The zero-order valence-electron chi connectivity index (χ0n) is 14.3. The third kappa shape index (κ3) is 3.02. The van der Waals surface area contributed by atoms with Gasteiger partial charge in [0.1, 0.15) is 11.6 Å². The van der Waals surface area contributed by atoms with Crippen LogP contribution in [0.5, 0.6) is 0 Å². The molecule has 4 rings (SSSR count). The van der Waals surface area contributed by atoms with Crippen molar-refractivity contribution in [3.05, 3.63) is 88.6 Å². The minimum Gasteiger partial charge on any atom is -0.309 e. The number of hydrogen-bond donors (Lipinski definition) is 1. The number of rotatable bonds is 2. The maximum Gasteiger partial charge on any atom is 0.133 e. The Morgan fingerprint density at radius 3 is 2.50 bits per heavy atom. The molecule has 0 saturated carbocycles. The molecule has 2 heterocycles. The molecular formula is C21H17F2N3. The summed E-state index contributed by atoms with van der Waals surface area (Å²) in [6, 6.07) is 13.6. The number of halogens is 2. The van der Waals surface area contributed by atoms with Crippen LogP contribution in [-0.4, -0.2) is 16.7 Å². The molecule has 130 valence electrons. The molecule has 2 aromatic carbocycles. The van der Waals surface area contributed by atoms with Crippen molar-refractivity contribution < 1.29 is 8.78 Å². The van der Waals surface area contributed by atoms with Crippen molar-refractivity contribution in [2.75, 3.05) is 6.54 Å². The fraction of sp³-hybridized carbons (Fsp3) is 0.143. The topological polar surface area (TPSA) is 37.8 Å². The van der Waals surface area contributed by atoms with Crippen LogP contribution in [0, 0.1) is 18.6 Å². The molecule has 0 bridgehead atoms. The van der Waals surface area contributed by atoms with Crippen molar-refractivity contribution in [1.29, 1.82) is 0 Å². The SMILES string of the molecule is Cc1ccc(-c2ccc3c(c2)CNCC=C3c2c(F)cccc2F)nn1. The highest BCUT2D eigenvalue weighted by molar-refractivity contribution is 5.83. The molecular weight excluding hydrogens is 332 g/mol. The van der Waals surface area contributed by atoms with Gasteiger partial charge in [-0.3, -0.25) is 0 Å². The Hall–Kier alpha value is -2.92. The summed E-state index contributed by atoms with van der Waals surface area (Å²) in [5.74, 6) is -1.12. The van der Waals surface area contributed by atoms with E-state index in [9.17, 15) is 8.78 Å². The zero-order valence-corrected chi connectivity index (χ0v) is 14.3. The number of aryl methyl sites for hydroxylation is 1. The van der Waals surface area contributed by atoms with Crippen LogP contribution >= 0.6 is 0 Å². The molecule has 0 amide bonds. The van der Waals surface area contributed by atoms with Crippen LogP contribution in [0.4, 0.5) is 8.78 Å². The molecule has 3 aromatic rings. The standard InChI is InChI=1S/C21H17F2N3/c1-13-5-8-20(26-25-13)14-6-7-16-15(11-14)12-24-10-9-17(16)21-18(22)3-2-4-19(21)23/h2-9,11,24H,10,12H2,1H3. The molecule has 0 spiro atoms. The van der Waals surface area contributed by atoms with E-state index in [4.69, 9.17) is 0 Å². The van der Waals surface area contributed by atoms with Gasteiger partial charge in [-0.1, -0.05) is 24.3 Å². The van der Waals surface area contributed by atoms with E-state index in [0.29, 0.717) is 18.7 Å². The fourth-order valence-corrected chi connectivity index (χ4v) is 3.20. The molecule has 0 saturated heterocycles. The van der Waals surface area contributed by atoms with Gasteiger partial charge in [-0.15, -0.1) is 0 Å². The average Bonchev–Trinajstić information content (AvgIpc) is 2.84. The zero-order chi connectivity index (χ0) is 18.1. The smallest absolute Gasteiger partial charge is 0.133 e. The Morgan fingerprint density at radius 1 is 0.962 bits per heavy atom. The van der Waals surface area contributed by atoms with E-state index in [1.165, 1.54) is 18.2 Å². The molecule has 1 aromatic heterocycles. The molecule has 0 unspecified atom stereocenters. The van der Waals surface area contributed by atoms with Gasteiger partial charge in [0.05, 0.1) is 17.0 Å². The van der Waals surface area contributed by atoms with Gasteiger partial charge in [0.25, 0.3) is 0 Å². The first-order valence-corrected chi connectivity index (χ1v) is 8.43. The van der Waals surface area contributed by atoms with Crippen LogP contribution in [0.15, 0.2) is 54.6 Å². The quantitative estimate of drug-likeness (QED) is 0.751. The summed E-state index contributed by atoms with van der Waals surface area (Å²) in [5, 5.41) is 11.6. The minimum absolute atomic E-state index is 0.0142. The number of fused-ring (bicyclic) bond motifs is 1. The lowest BCUT2D eigenvalue weighted by molar-refractivity contribution is 0.577. The van der Waals surface area contributed by atoms with Gasteiger partial charge in [-0.2, -0.15) is 10.2 Å². The first kappa shape index (κ1) is 16.5. The van der Waals surface area contributed by atoms with E-state index < -0.39 is 11.6 Å². The Kier molecular flexibility index (Phi) is 4.31. The van der Waals surface area contributed by atoms with Crippen molar-refractivity contribution in [1.82, 2.24) is 15.5 Å². The van der Waals surface area contributed by atoms with Crippen molar-refractivity contribution in [2.24, 2.45) is 0 Å². The Morgan fingerprint density at radius 2 is 1.77 bits per heavy atom. The highest BCUT2D eigenvalue weighted by atomic mass is 19.1. The number of hydrogen-bond acceptors (Lipinski definition) is 3. The number of aromatic nitrogens is 2. The minimum atomic E-state index is -0.558. The highest BCUT2D eigenvalue weighted by Gasteiger charge is 2.20. The average molecular weight is 349 g/mol. The monoisotopic (exact) mass is 349 g/mol. The molecule has 3 nitrogen and oxygen atoms in total. The van der Waals surface area contributed by atoms with Gasteiger partial charge < -0.3 is 5.32 Å². The molecule has 1 N–H and O–H groups in total. The normalized spacial score (nSPS) is 13.7. The predicted molar refractivity (Wildman–Crippen MR) is 97.3 cm³/mol. The van der Waals surface area contributed by atoms with E-state index >= 15 is 0 Å². The second-order valence-corrected chi connectivity index (χ2v) is 6.28. The van der Waals surface area contributed by atoms with E-state index in [1.54, 1.807) is 0 Å². The predicted octanol–water partition coefficient (Wildman–Crippen LogP) is 4.27. The molecule has 0 aliphatic carbocycles. The number of nitrogens with one attached hydrogen (secondary N) is 1. The van der Waals surface area contributed by atoms with Crippen LogP contribution in [0.2, 0.25) is 0 Å². The maximum absolute atomic E-state index is 14.3. The lowest BCUT2D eigenvalue weighted by Gasteiger charge is -2.14. The van der Waals surface area contributed by atoms with Gasteiger partial charge in [0, 0.05) is 18.7 Å². The van der Waals surface area contributed by atoms with E-state index in [2.05, 4.69) is 15.5 Å². The van der Waals surface area contributed by atoms with Crippen molar-refractivity contribution in [3.63, 3.8) is 0 Å². The van der Waals surface area contributed by atoms with Gasteiger partial charge >= 0.3 is 0 Å². The van der Waals surface area contributed by atoms with Gasteiger partial charge in [-0.05, 0) is 54.0 Å². The summed E-state index contributed by atoms with van der Waals surface area (Å²) in [6.07, 6.45) is 1.83. The Bertz CT molecular complexity index is 974. The van der Waals surface area contributed by atoms with Gasteiger partial charge in [0.15, 0.2) is 0 Å². The first-order valence-electron chi connectivity index (χ1n) is 8.43. The van der Waals surface area contributed by atoms with E-state index in [0.717, 1.165) is 28.1 Å². The summed E-state index contributed by atoms with van der Waals surface area (Å²) >= 11 is 0. The second-order valence-electron chi connectivity index (χ2n) is 6.28. The molecule has 1 aliphatic heterocycles. The Labute approximate surface area is 150 Å². The van der Waals surface area contributed by atoms with Crippen molar-refractivity contribution in [3.8, 4) is 11.3 Å². The Balaban J connectivity index is 1.83. The fourth-order valence-electron chi connectivity index (χ4n) is 3.20. The third-order valence-corrected chi connectivity index (χ3v) is 4.49. The molecule has 26 heavy (non-hydrogen) atoms. The first-order chi connectivity index (χ1) is 12.6. The van der Waals surface area contributed by atoms with Gasteiger partial charge in [-0.25, -0.2) is 8.78 Å². The second kappa shape index (κ2) is 6.77. The number of benzene rings is 2. The summed E-state index contributed by atoms with van der Waals surface area (Å²) in [7, 11) is 0. The van der Waals surface area contributed by atoms with Crippen LogP contribution in [0.25, 0.3) is 16.8 Å². The molecule has 0 atom stereocenters.